The van der Waals surface area contributed by atoms with Crippen LogP contribution in [0.3, 0.4) is 0 Å². The Morgan fingerprint density at radius 1 is 0.682 bits per heavy atom. The molecule has 0 amide bonds. The lowest BCUT2D eigenvalue weighted by Crippen LogP contribution is -2.29. The van der Waals surface area contributed by atoms with E-state index >= 15 is 0 Å². The molecular formula is C34H62NO8P. The molecule has 0 rings (SSSR count). The van der Waals surface area contributed by atoms with Crippen molar-refractivity contribution in [1.82, 2.24) is 0 Å². The summed E-state index contributed by atoms with van der Waals surface area (Å²) in [7, 11) is -4.38. The van der Waals surface area contributed by atoms with E-state index in [4.69, 9.17) is 24.3 Å². The van der Waals surface area contributed by atoms with Gasteiger partial charge in [-0.3, -0.25) is 18.6 Å². The van der Waals surface area contributed by atoms with Gasteiger partial charge in [0.1, 0.15) is 6.61 Å². The summed E-state index contributed by atoms with van der Waals surface area (Å²) < 4.78 is 32.4. The number of carbonyl (C=O) groups excluding carboxylic acids is 2. The van der Waals surface area contributed by atoms with Crippen molar-refractivity contribution in [3.63, 3.8) is 0 Å². The van der Waals surface area contributed by atoms with Crippen molar-refractivity contribution in [2.75, 3.05) is 26.4 Å². The number of rotatable bonds is 31. The molecule has 0 saturated heterocycles. The predicted octanol–water partition coefficient (Wildman–Crippen LogP) is 8.65. The summed E-state index contributed by atoms with van der Waals surface area (Å²) in [5.41, 5.74) is 5.31. The molecule has 0 aromatic heterocycles. The highest BCUT2D eigenvalue weighted by molar-refractivity contribution is 7.47. The molecule has 0 heterocycles. The van der Waals surface area contributed by atoms with E-state index in [1.807, 2.05) is 12.2 Å². The third-order valence-electron chi connectivity index (χ3n) is 6.76. The van der Waals surface area contributed by atoms with Crippen LogP contribution in [0.4, 0.5) is 0 Å². The Morgan fingerprint density at radius 2 is 1.25 bits per heavy atom. The Kier molecular flexibility index (Phi) is 30.0. The molecule has 0 spiro atoms. The fourth-order valence-electron chi connectivity index (χ4n) is 4.19. The minimum atomic E-state index is -4.38. The number of unbranched alkanes of at least 4 members (excludes halogenated alkanes) is 12. The molecule has 0 aliphatic heterocycles. The van der Waals surface area contributed by atoms with Crippen LogP contribution in [-0.4, -0.2) is 49.3 Å². The Hall–Kier alpha value is -1.77. The quantitative estimate of drug-likeness (QED) is 0.0329. The maximum atomic E-state index is 12.4. The summed E-state index contributed by atoms with van der Waals surface area (Å²) in [6, 6.07) is 0. The van der Waals surface area contributed by atoms with Crippen LogP contribution in [0.25, 0.3) is 0 Å². The van der Waals surface area contributed by atoms with Crippen LogP contribution >= 0.6 is 7.82 Å². The number of allylic oxidation sites excluding steroid dienone is 6. The van der Waals surface area contributed by atoms with Gasteiger partial charge in [-0.1, -0.05) is 108 Å². The van der Waals surface area contributed by atoms with E-state index in [0.29, 0.717) is 12.8 Å². The van der Waals surface area contributed by atoms with Crippen molar-refractivity contribution in [2.24, 2.45) is 5.73 Å². The smallest absolute Gasteiger partial charge is 0.462 e. The summed E-state index contributed by atoms with van der Waals surface area (Å²) >= 11 is 0. The van der Waals surface area contributed by atoms with E-state index in [0.717, 1.165) is 44.9 Å². The van der Waals surface area contributed by atoms with Gasteiger partial charge < -0.3 is 20.1 Å². The van der Waals surface area contributed by atoms with E-state index in [-0.39, 0.29) is 32.6 Å². The van der Waals surface area contributed by atoms with Crippen LogP contribution in [0.5, 0.6) is 0 Å². The zero-order valence-corrected chi connectivity index (χ0v) is 28.5. The second-order valence-corrected chi connectivity index (χ2v) is 12.5. The van der Waals surface area contributed by atoms with Gasteiger partial charge in [0.05, 0.1) is 13.2 Å². The molecule has 0 fully saturated rings. The van der Waals surface area contributed by atoms with Crippen molar-refractivity contribution in [2.45, 2.75) is 142 Å². The summed E-state index contributed by atoms with van der Waals surface area (Å²) in [6.45, 7) is 3.56. The van der Waals surface area contributed by atoms with Crippen molar-refractivity contribution in [3.8, 4) is 0 Å². The number of esters is 2. The van der Waals surface area contributed by atoms with Gasteiger partial charge in [-0.25, -0.2) is 4.57 Å². The van der Waals surface area contributed by atoms with E-state index in [2.05, 4.69) is 38.2 Å². The fraction of sp³-hybridized carbons (Fsp3) is 0.765. The van der Waals surface area contributed by atoms with Crippen LogP contribution in [0.2, 0.25) is 0 Å². The largest absolute Gasteiger partial charge is 0.472 e. The molecule has 44 heavy (non-hydrogen) atoms. The molecule has 2 unspecified atom stereocenters. The first-order valence-electron chi connectivity index (χ1n) is 17.0. The maximum Gasteiger partial charge on any atom is 0.472 e. The van der Waals surface area contributed by atoms with Crippen LogP contribution in [-0.2, 0) is 32.7 Å². The average Bonchev–Trinajstić information content (AvgIpc) is 3.00. The molecule has 3 N–H and O–H groups in total. The van der Waals surface area contributed by atoms with Gasteiger partial charge in [0.2, 0.25) is 0 Å². The number of phosphoric ester groups is 1. The van der Waals surface area contributed by atoms with Crippen molar-refractivity contribution in [3.05, 3.63) is 36.5 Å². The van der Waals surface area contributed by atoms with Gasteiger partial charge in [-0.05, 0) is 51.4 Å². The molecule has 10 heteroatoms. The molecule has 0 aromatic carbocycles. The third-order valence-corrected chi connectivity index (χ3v) is 7.75. The highest BCUT2D eigenvalue weighted by Gasteiger charge is 2.25. The molecule has 0 aliphatic carbocycles. The molecule has 0 aliphatic rings. The Labute approximate surface area is 267 Å². The number of phosphoric acid groups is 1. The lowest BCUT2D eigenvalue weighted by atomic mass is 10.1. The first kappa shape index (κ1) is 42.2. The van der Waals surface area contributed by atoms with Gasteiger partial charge in [-0.15, -0.1) is 0 Å². The first-order valence-corrected chi connectivity index (χ1v) is 18.5. The highest BCUT2D eigenvalue weighted by atomic mass is 31.2. The summed E-state index contributed by atoms with van der Waals surface area (Å²) in [4.78, 5) is 34.5. The molecule has 2 atom stereocenters. The summed E-state index contributed by atoms with van der Waals surface area (Å²) in [6.07, 6.45) is 30.6. The fourth-order valence-corrected chi connectivity index (χ4v) is 4.96. The lowest BCUT2D eigenvalue weighted by molar-refractivity contribution is -0.161. The van der Waals surface area contributed by atoms with E-state index in [1.165, 1.54) is 51.4 Å². The normalized spacial score (nSPS) is 14.0. The molecule has 0 radical (unpaired) electrons. The minimum absolute atomic E-state index is 0.0437. The molecule has 256 valence electrons. The van der Waals surface area contributed by atoms with Crippen molar-refractivity contribution in [1.29, 1.82) is 0 Å². The van der Waals surface area contributed by atoms with Gasteiger partial charge in [0.15, 0.2) is 6.10 Å². The predicted molar refractivity (Wildman–Crippen MR) is 178 cm³/mol. The number of hydrogen-bond acceptors (Lipinski definition) is 8. The van der Waals surface area contributed by atoms with Gasteiger partial charge in [-0.2, -0.15) is 0 Å². The summed E-state index contributed by atoms with van der Waals surface area (Å²) in [5, 5.41) is 0. The van der Waals surface area contributed by atoms with Gasteiger partial charge in [0.25, 0.3) is 0 Å². The second-order valence-electron chi connectivity index (χ2n) is 11.0. The topological polar surface area (TPSA) is 134 Å². The van der Waals surface area contributed by atoms with E-state index < -0.39 is 32.5 Å². The zero-order chi connectivity index (χ0) is 32.6. The van der Waals surface area contributed by atoms with Crippen molar-refractivity contribution < 1.29 is 37.6 Å². The second kappa shape index (κ2) is 31.2. The van der Waals surface area contributed by atoms with Crippen LogP contribution in [0.15, 0.2) is 36.5 Å². The number of carbonyl (C=O) groups is 2. The first-order chi connectivity index (χ1) is 21.3. The van der Waals surface area contributed by atoms with E-state index in [1.54, 1.807) is 0 Å². The molecular weight excluding hydrogens is 581 g/mol. The number of nitrogens with two attached hydrogens (primary N) is 1. The number of ether oxygens (including phenoxy) is 2. The average molecular weight is 644 g/mol. The molecule has 0 bridgehead atoms. The zero-order valence-electron chi connectivity index (χ0n) is 27.6. The highest BCUT2D eigenvalue weighted by Crippen LogP contribution is 2.43. The monoisotopic (exact) mass is 643 g/mol. The molecule has 9 nitrogen and oxygen atoms in total. The third kappa shape index (κ3) is 30.3. The Morgan fingerprint density at radius 3 is 1.91 bits per heavy atom. The lowest BCUT2D eigenvalue weighted by Gasteiger charge is -2.19. The molecule has 0 aromatic rings. The summed E-state index contributed by atoms with van der Waals surface area (Å²) in [5.74, 6) is -0.929. The Bertz CT molecular complexity index is 830. The maximum absolute atomic E-state index is 12.4. The van der Waals surface area contributed by atoms with Crippen LogP contribution in [0, 0.1) is 0 Å². The van der Waals surface area contributed by atoms with Gasteiger partial charge >= 0.3 is 19.8 Å². The molecule has 0 saturated carbocycles. The van der Waals surface area contributed by atoms with Gasteiger partial charge in [0, 0.05) is 19.4 Å². The SMILES string of the molecule is CCCC/C=C/CCCCCCC(=O)OCC(COP(=O)(O)OCCN)OC(=O)CC/C=C/C/C=C/CCCCCCCC. The van der Waals surface area contributed by atoms with Crippen LogP contribution in [0.1, 0.15) is 136 Å². The standard InChI is InChI=1S/C34H62NO8P/c1-3-5-7-9-11-13-15-16-17-19-21-23-25-27-34(37)43-32(31-42-44(38,39)41-29-28-35)30-40-33(36)26-24-22-20-18-14-12-10-8-6-4-2/h10,12,16-17,21,23,32H,3-9,11,13-15,18-20,22,24-31,35H2,1-2H3,(H,38,39)/b12-10+,17-16+,23-21+. The minimum Gasteiger partial charge on any atom is -0.462 e. The van der Waals surface area contributed by atoms with E-state index in [9.17, 15) is 19.0 Å². The van der Waals surface area contributed by atoms with Crippen molar-refractivity contribution >= 4 is 19.8 Å². The Balaban J connectivity index is 4.41. The number of hydrogen-bond donors (Lipinski definition) is 2. The van der Waals surface area contributed by atoms with Crippen LogP contribution < -0.4 is 5.73 Å².